The van der Waals surface area contributed by atoms with Gasteiger partial charge in [0.05, 0.1) is 0 Å². The van der Waals surface area contributed by atoms with Crippen molar-refractivity contribution in [2.24, 2.45) is 16.6 Å². The molecule has 0 saturated heterocycles. The fourth-order valence-electron chi connectivity index (χ4n) is 2.91. The van der Waals surface area contributed by atoms with Gasteiger partial charge in [0.15, 0.2) is 5.96 Å². The molecule has 1 saturated carbocycles. The topological polar surface area (TPSA) is 79.5 Å². The third-order valence-corrected chi connectivity index (χ3v) is 4.25. The van der Waals surface area contributed by atoms with Crippen molar-refractivity contribution in [2.75, 3.05) is 19.6 Å². The first-order chi connectivity index (χ1) is 10.7. The number of nitrogens with one attached hydrogen (secondary N) is 2. The second-order valence-corrected chi connectivity index (χ2v) is 6.31. The van der Waals surface area contributed by atoms with Crippen LogP contribution in [0.15, 0.2) is 4.99 Å². The molecule has 0 aromatic carbocycles. The lowest BCUT2D eigenvalue weighted by molar-refractivity contribution is -0.122. The molecule has 0 unspecified atom stereocenters. The quantitative estimate of drug-likeness (QED) is 0.329. The van der Waals surface area contributed by atoms with E-state index in [0.29, 0.717) is 31.4 Å². The molecule has 0 heterocycles. The lowest BCUT2D eigenvalue weighted by atomic mass is 9.87. The van der Waals surface area contributed by atoms with Crippen LogP contribution in [0.2, 0.25) is 0 Å². The predicted octanol–water partition coefficient (Wildman–Crippen LogP) is 2.56. The van der Waals surface area contributed by atoms with Crippen LogP contribution in [0.4, 0.5) is 0 Å². The maximum absolute atomic E-state index is 11.8. The van der Waals surface area contributed by atoms with E-state index in [0.717, 1.165) is 13.0 Å². The zero-order valence-electron chi connectivity index (χ0n) is 14.2. The number of carbonyl (C=O) groups is 1. The normalized spacial score (nSPS) is 16.5. The molecule has 0 spiro atoms. The Hall–Kier alpha value is -1.26. The van der Waals surface area contributed by atoms with Crippen molar-refractivity contribution < 1.29 is 4.79 Å². The fraction of sp³-hybridized carbons (Fsp3) is 0.882. The molecule has 0 atom stereocenters. The van der Waals surface area contributed by atoms with Crippen LogP contribution in [0, 0.1) is 5.92 Å². The summed E-state index contributed by atoms with van der Waals surface area (Å²) in [7, 11) is 0. The van der Waals surface area contributed by atoms with Crippen molar-refractivity contribution >= 4 is 11.9 Å². The molecule has 0 aromatic heterocycles. The van der Waals surface area contributed by atoms with Gasteiger partial charge in [-0.05, 0) is 25.2 Å². The zero-order chi connectivity index (χ0) is 16.0. The molecule has 22 heavy (non-hydrogen) atoms. The van der Waals surface area contributed by atoms with E-state index < -0.39 is 0 Å². The largest absolute Gasteiger partial charge is 0.370 e. The number of hydrogen-bond acceptors (Lipinski definition) is 2. The fourth-order valence-corrected chi connectivity index (χ4v) is 2.91. The Bertz CT molecular complexity index is 325. The Kier molecular flexibility index (Phi) is 10.5. The number of guanidine groups is 1. The van der Waals surface area contributed by atoms with Gasteiger partial charge in [-0.3, -0.25) is 9.79 Å². The Balaban J connectivity index is 1.98. The number of aliphatic imine (C=N–C) groups is 1. The van der Waals surface area contributed by atoms with Crippen LogP contribution >= 0.6 is 0 Å². The van der Waals surface area contributed by atoms with Crippen LogP contribution in [0.25, 0.3) is 0 Å². The zero-order valence-corrected chi connectivity index (χ0v) is 14.2. The molecule has 128 valence electrons. The third kappa shape index (κ3) is 9.64. The molecule has 4 N–H and O–H groups in total. The van der Waals surface area contributed by atoms with Gasteiger partial charge >= 0.3 is 0 Å². The maximum atomic E-state index is 11.8. The van der Waals surface area contributed by atoms with Gasteiger partial charge < -0.3 is 16.4 Å². The minimum absolute atomic E-state index is 0.170. The standard InChI is InChI=1S/C17H34N4O/c1-2-3-4-8-11-20-17(18)21-13-12-19-16(22)14-15-9-6-5-7-10-15/h15H,2-14H2,1H3,(H,19,22)(H3,18,20,21). The summed E-state index contributed by atoms with van der Waals surface area (Å²) in [5.41, 5.74) is 5.78. The van der Waals surface area contributed by atoms with Crippen molar-refractivity contribution in [1.29, 1.82) is 0 Å². The summed E-state index contributed by atoms with van der Waals surface area (Å²) in [4.78, 5) is 16.1. The van der Waals surface area contributed by atoms with E-state index in [1.165, 1.54) is 51.4 Å². The third-order valence-electron chi connectivity index (χ3n) is 4.25. The second-order valence-electron chi connectivity index (χ2n) is 6.31. The number of hydrogen-bond donors (Lipinski definition) is 3. The highest BCUT2D eigenvalue weighted by Crippen LogP contribution is 2.25. The molecule has 1 aliphatic carbocycles. The van der Waals surface area contributed by atoms with Crippen molar-refractivity contribution in [3.63, 3.8) is 0 Å². The van der Waals surface area contributed by atoms with Gasteiger partial charge in [0.2, 0.25) is 5.91 Å². The Morgan fingerprint density at radius 1 is 1.09 bits per heavy atom. The number of rotatable bonds is 10. The van der Waals surface area contributed by atoms with Gasteiger partial charge in [-0.15, -0.1) is 0 Å². The van der Waals surface area contributed by atoms with E-state index in [-0.39, 0.29) is 5.91 Å². The number of amides is 1. The maximum Gasteiger partial charge on any atom is 0.220 e. The summed E-state index contributed by atoms with van der Waals surface area (Å²) in [6.45, 7) is 4.23. The summed E-state index contributed by atoms with van der Waals surface area (Å²) < 4.78 is 0. The van der Waals surface area contributed by atoms with Crippen LogP contribution in [0.5, 0.6) is 0 Å². The number of nitrogens with zero attached hydrogens (tertiary/aromatic N) is 1. The number of nitrogens with two attached hydrogens (primary N) is 1. The average molecular weight is 310 g/mol. The van der Waals surface area contributed by atoms with Gasteiger partial charge in [0.1, 0.15) is 0 Å². The van der Waals surface area contributed by atoms with E-state index in [1.54, 1.807) is 0 Å². The molecule has 0 bridgehead atoms. The van der Waals surface area contributed by atoms with Gasteiger partial charge in [0, 0.05) is 26.1 Å². The molecule has 0 aliphatic heterocycles. The summed E-state index contributed by atoms with van der Waals surface area (Å²) in [5.74, 6) is 1.25. The molecule has 0 radical (unpaired) electrons. The van der Waals surface area contributed by atoms with Gasteiger partial charge in [-0.25, -0.2) is 0 Å². The molecule has 5 heteroatoms. The van der Waals surface area contributed by atoms with E-state index >= 15 is 0 Å². The van der Waals surface area contributed by atoms with Crippen LogP contribution in [0.3, 0.4) is 0 Å². The van der Waals surface area contributed by atoms with Crippen molar-refractivity contribution in [2.45, 2.75) is 71.1 Å². The summed E-state index contributed by atoms with van der Waals surface area (Å²) in [6.07, 6.45) is 11.8. The summed E-state index contributed by atoms with van der Waals surface area (Å²) in [6, 6.07) is 0. The lowest BCUT2D eigenvalue weighted by Crippen LogP contribution is -2.38. The number of unbranched alkanes of at least 4 members (excludes halogenated alkanes) is 3. The van der Waals surface area contributed by atoms with Crippen LogP contribution < -0.4 is 16.4 Å². The molecule has 5 nitrogen and oxygen atoms in total. The molecule has 1 fully saturated rings. The van der Waals surface area contributed by atoms with Crippen molar-refractivity contribution in [3.05, 3.63) is 0 Å². The monoisotopic (exact) mass is 310 g/mol. The van der Waals surface area contributed by atoms with Crippen molar-refractivity contribution in [1.82, 2.24) is 10.6 Å². The van der Waals surface area contributed by atoms with Crippen LogP contribution in [-0.2, 0) is 4.79 Å². The van der Waals surface area contributed by atoms with Crippen molar-refractivity contribution in [3.8, 4) is 0 Å². The lowest BCUT2D eigenvalue weighted by Gasteiger charge is -2.20. The average Bonchev–Trinajstić information content (AvgIpc) is 2.52. The molecular weight excluding hydrogens is 276 g/mol. The van der Waals surface area contributed by atoms with E-state index in [9.17, 15) is 4.79 Å². The van der Waals surface area contributed by atoms with Gasteiger partial charge in [0.25, 0.3) is 0 Å². The molecular formula is C17H34N4O. The minimum atomic E-state index is 0.170. The minimum Gasteiger partial charge on any atom is -0.370 e. The highest BCUT2D eigenvalue weighted by molar-refractivity contribution is 5.78. The number of carbonyl (C=O) groups excluding carboxylic acids is 1. The SMILES string of the molecule is CCCCCCN=C(N)NCCNC(=O)CC1CCCCC1. The van der Waals surface area contributed by atoms with E-state index in [1.807, 2.05) is 0 Å². The Morgan fingerprint density at radius 2 is 1.82 bits per heavy atom. The highest BCUT2D eigenvalue weighted by Gasteiger charge is 2.16. The van der Waals surface area contributed by atoms with E-state index in [2.05, 4.69) is 22.5 Å². The Morgan fingerprint density at radius 3 is 2.55 bits per heavy atom. The van der Waals surface area contributed by atoms with Crippen LogP contribution in [0.1, 0.15) is 71.1 Å². The first kappa shape index (κ1) is 18.8. The molecule has 1 aliphatic rings. The second kappa shape index (κ2) is 12.3. The van der Waals surface area contributed by atoms with Gasteiger partial charge in [-0.2, -0.15) is 0 Å². The molecule has 1 amide bonds. The molecule has 1 rings (SSSR count). The van der Waals surface area contributed by atoms with E-state index in [4.69, 9.17) is 5.73 Å². The van der Waals surface area contributed by atoms with Gasteiger partial charge in [-0.1, -0.05) is 45.4 Å². The summed E-state index contributed by atoms with van der Waals surface area (Å²) in [5, 5.41) is 6.00. The summed E-state index contributed by atoms with van der Waals surface area (Å²) >= 11 is 0. The first-order valence-corrected chi connectivity index (χ1v) is 9.03. The van der Waals surface area contributed by atoms with Crippen LogP contribution in [-0.4, -0.2) is 31.5 Å². The Labute approximate surface area is 135 Å². The smallest absolute Gasteiger partial charge is 0.220 e. The highest BCUT2D eigenvalue weighted by atomic mass is 16.1. The first-order valence-electron chi connectivity index (χ1n) is 9.03. The predicted molar refractivity (Wildman–Crippen MR) is 92.8 cm³/mol. The molecule has 0 aromatic rings.